The fraction of sp³-hybridized carbons (Fsp3) is 0.318. The minimum Gasteiger partial charge on any atom is -0.489 e. The Morgan fingerprint density at radius 3 is 2.75 bits per heavy atom. The van der Waals surface area contributed by atoms with Crippen molar-refractivity contribution in [3.8, 4) is 5.75 Å². The Bertz CT molecular complexity index is 1420. The Hall–Kier alpha value is -3.13. The van der Waals surface area contributed by atoms with E-state index < -0.39 is 35.9 Å². The minimum absolute atomic E-state index is 0.00203. The number of halogens is 4. The van der Waals surface area contributed by atoms with Crippen molar-refractivity contribution in [3.05, 3.63) is 41.0 Å². The van der Waals surface area contributed by atoms with Crippen LogP contribution in [0.2, 0.25) is 5.02 Å². The van der Waals surface area contributed by atoms with Crippen LogP contribution in [0.4, 0.5) is 24.0 Å². The number of alkyl halides is 3. The van der Waals surface area contributed by atoms with Gasteiger partial charge in [-0.2, -0.15) is 18.3 Å². The molecule has 2 aromatic heterocycles. The molecule has 0 fully saturated rings. The average molecular weight is 544 g/mol. The third kappa shape index (κ3) is 5.33. The lowest BCUT2D eigenvalue weighted by molar-refractivity contribution is -0.136. The zero-order chi connectivity index (χ0) is 26.3. The summed E-state index contributed by atoms with van der Waals surface area (Å²) in [7, 11) is 0. The molecule has 1 atom stereocenters. The molecule has 14 heteroatoms. The van der Waals surface area contributed by atoms with E-state index in [1.165, 1.54) is 18.3 Å². The summed E-state index contributed by atoms with van der Waals surface area (Å²) in [4.78, 5) is 17.1. The van der Waals surface area contributed by atoms with Crippen LogP contribution >= 0.6 is 22.9 Å². The summed E-state index contributed by atoms with van der Waals surface area (Å²) in [5.74, 6) is -0.327. The van der Waals surface area contributed by atoms with Gasteiger partial charge in [0.2, 0.25) is 0 Å². The number of fused-ring (bicyclic) bond motifs is 3. The van der Waals surface area contributed by atoms with Gasteiger partial charge in [-0.3, -0.25) is 15.2 Å². The fourth-order valence-electron chi connectivity index (χ4n) is 3.36. The summed E-state index contributed by atoms with van der Waals surface area (Å²) in [6, 6.07) is 5.60. The Labute approximate surface area is 211 Å². The van der Waals surface area contributed by atoms with Gasteiger partial charge in [-0.25, -0.2) is 4.98 Å². The number of ether oxygens (including phenoxy) is 1. The number of hydrogen-bond acceptors (Lipinski definition) is 8. The summed E-state index contributed by atoms with van der Waals surface area (Å²) in [6.45, 7) is 2.49. The lowest BCUT2D eigenvalue weighted by Crippen LogP contribution is -2.44. The molecule has 0 spiro atoms. The number of aromatic amines is 1. The van der Waals surface area contributed by atoms with Gasteiger partial charge in [-0.15, -0.1) is 0 Å². The van der Waals surface area contributed by atoms with Crippen molar-refractivity contribution in [2.45, 2.75) is 31.7 Å². The van der Waals surface area contributed by atoms with Crippen molar-refractivity contribution in [3.63, 3.8) is 0 Å². The quantitative estimate of drug-likeness (QED) is 0.222. The fourth-order valence-corrected chi connectivity index (χ4v) is 4.53. The van der Waals surface area contributed by atoms with Gasteiger partial charge in [0, 0.05) is 17.1 Å². The molecule has 36 heavy (non-hydrogen) atoms. The molecule has 5 N–H and O–H groups in total. The smallest absolute Gasteiger partial charge is 0.418 e. The molecular weight excluding hydrogens is 523 g/mol. The summed E-state index contributed by atoms with van der Waals surface area (Å²) in [5.41, 5.74) is -1.76. The topological polar surface area (TPSA) is 132 Å². The Morgan fingerprint density at radius 1 is 1.31 bits per heavy atom. The number of nitrogens with zero attached hydrogens (tertiary/aromatic N) is 2. The number of thiazole rings is 1. The molecule has 4 aromatic rings. The van der Waals surface area contributed by atoms with Gasteiger partial charge in [0.15, 0.2) is 5.13 Å². The predicted octanol–water partition coefficient (Wildman–Crippen LogP) is 4.41. The second-order valence-corrected chi connectivity index (χ2v) is 9.85. The molecule has 0 aliphatic rings. The van der Waals surface area contributed by atoms with Crippen LogP contribution in [0.25, 0.3) is 21.1 Å². The normalized spacial score (nSPS) is 13.2. The van der Waals surface area contributed by atoms with Crippen molar-refractivity contribution >= 4 is 60.8 Å². The number of carbonyl (C=O) groups excluding carboxylic acids is 1. The Kier molecular flexibility index (Phi) is 7.01. The standard InChI is InChI=1S/C22H21ClF3N5O4S/c1-21(2,30-10-3-4-14(23)16(5-10)35-9-11(33)8-32)19(34)29-20-28-17-13(22(24,25)26)6-15-12(7-27-31-15)18(17)36-20/h3-7,11,30,32-33H,8-9H2,1-2H3,(H,27,31)(H,28,29,34). The maximum Gasteiger partial charge on any atom is 0.418 e. The maximum absolute atomic E-state index is 13.6. The SMILES string of the molecule is CC(C)(Nc1ccc(Cl)c(OCC(O)CO)c1)C(=O)Nc1nc2c(C(F)(F)F)cc3[nH]ncc3c2s1. The van der Waals surface area contributed by atoms with Gasteiger partial charge in [-0.1, -0.05) is 22.9 Å². The van der Waals surface area contributed by atoms with E-state index in [1.54, 1.807) is 19.9 Å². The average Bonchev–Trinajstić information content (AvgIpc) is 3.44. The lowest BCUT2D eigenvalue weighted by atomic mass is 10.0. The minimum atomic E-state index is -4.64. The molecule has 2 aromatic carbocycles. The molecule has 192 valence electrons. The lowest BCUT2D eigenvalue weighted by Gasteiger charge is -2.26. The molecule has 0 aliphatic heterocycles. The number of carbonyl (C=O) groups is 1. The van der Waals surface area contributed by atoms with Gasteiger partial charge in [-0.05, 0) is 32.0 Å². The van der Waals surface area contributed by atoms with E-state index in [0.717, 1.165) is 17.4 Å². The molecule has 0 saturated carbocycles. The van der Waals surface area contributed by atoms with Crippen molar-refractivity contribution in [1.82, 2.24) is 15.2 Å². The number of anilines is 2. The van der Waals surface area contributed by atoms with Gasteiger partial charge >= 0.3 is 6.18 Å². The molecule has 4 rings (SSSR count). The van der Waals surface area contributed by atoms with E-state index in [-0.39, 0.29) is 38.2 Å². The highest BCUT2D eigenvalue weighted by molar-refractivity contribution is 7.23. The van der Waals surface area contributed by atoms with E-state index >= 15 is 0 Å². The van der Waals surface area contributed by atoms with Crippen molar-refractivity contribution < 1.29 is 32.9 Å². The largest absolute Gasteiger partial charge is 0.489 e. The maximum atomic E-state index is 13.6. The molecule has 0 bridgehead atoms. The van der Waals surface area contributed by atoms with Crippen LogP contribution < -0.4 is 15.4 Å². The van der Waals surface area contributed by atoms with Crippen molar-refractivity contribution in [2.24, 2.45) is 0 Å². The Balaban J connectivity index is 1.56. The number of aromatic nitrogens is 3. The van der Waals surface area contributed by atoms with Crippen LogP contribution in [0, 0.1) is 0 Å². The van der Waals surface area contributed by atoms with Crippen LogP contribution in [0.1, 0.15) is 19.4 Å². The third-order valence-corrected chi connectivity index (χ3v) is 6.52. The highest BCUT2D eigenvalue weighted by Crippen LogP contribution is 2.41. The Morgan fingerprint density at radius 2 is 2.06 bits per heavy atom. The van der Waals surface area contributed by atoms with Crippen LogP contribution in [-0.4, -0.2) is 56.2 Å². The van der Waals surface area contributed by atoms with E-state index in [4.69, 9.17) is 21.4 Å². The number of aliphatic hydroxyl groups excluding tert-OH is 2. The van der Waals surface area contributed by atoms with Crippen molar-refractivity contribution in [2.75, 3.05) is 23.8 Å². The molecular formula is C22H21ClF3N5O4S. The highest BCUT2D eigenvalue weighted by atomic mass is 35.5. The summed E-state index contributed by atoms with van der Waals surface area (Å²) in [6.07, 6.45) is -4.32. The van der Waals surface area contributed by atoms with Crippen LogP contribution in [0.15, 0.2) is 30.5 Å². The number of hydrogen-bond donors (Lipinski definition) is 5. The van der Waals surface area contributed by atoms with Crippen LogP contribution in [0.5, 0.6) is 5.75 Å². The number of H-pyrrole nitrogens is 1. The molecule has 0 radical (unpaired) electrons. The van der Waals surface area contributed by atoms with E-state index in [2.05, 4.69) is 25.8 Å². The predicted molar refractivity (Wildman–Crippen MR) is 131 cm³/mol. The van der Waals surface area contributed by atoms with Gasteiger partial charge in [0.25, 0.3) is 5.91 Å². The molecule has 0 saturated heterocycles. The molecule has 1 amide bonds. The molecule has 9 nitrogen and oxygen atoms in total. The first kappa shape index (κ1) is 25.9. The first-order valence-corrected chi connectivity index (χ1v) is 11.7. The summed E-state index contributed by atoms with van der Waals surface area (Å²) >= 11 is 7.03. The van der Waals surface area contributed by atoms with Gasteiger partial charge < -0.3 is 20.3 Å². The highest BCUT2D eigenvalue weighted by Gasteiger charge is 2.36. The van der Waals surface area contributed by atoms with Crippen LogP contribution in [-0.2, 0) is 11.0 Å². The number of aliphatic hydroxyl groups is 2. The van der Waals surface area contributed by atoms with Crippen molar-refractivity contribution in [1.29, 1.82) is 0 Å². The summed E-state index contributed by atoms with van der Waals surface area (Å²) < 4.78 is 46.5. The number of amides is 1. The van der Waals surface area contributed by atoms with E-state index in [1.807, 2.05) is 0 Å². The summed E-state index contributed by atoms with van der Waals surface area (Å²) in [5, 5.41) is 31.1. The molecule has 1 unspecified atom stereocenters. The monoisotopic (exact) mass is 543 g/mol. The second-order valence-electron chi connectivity index (χ2n) is 8.45. The number of nitrogens with one attached hydrogen (secondary N) is 3. The second kappa shape index (κ2) is 9.73. The van der Waals surface area contributed by atoms with Gasteiger partial charge in [0.1, 0.15) is 24.0 Å². The van der Waals surface area contributed by atoms with E-state index in [9.17, 15) is 23.1 Å². The zero-order valence-electron chi connectivity index (χ0n) is 18.9. The first-order valence-electron chi connectivity index (χ1n) is 10.5. The molecule has 2 heterocycles. The van der Waals surface area contributed by atoms with E-state index in [0.29, 0.717) is 11.1 Å². The van der Waals surface area contributed by atoms with Crippen LogP contribution in [0.3, 0.4) is 0 Å². The van der Waals surface area contributed by atoms with Gasteiger partial charge in [0.05, 0.1) is 39.1 Å². The number of rotatable bonds is 8. The number of benzene rings is 2. The first-order chi connectivity index (χ1) is 16.9. The molecule has 0 aliphatic carbocycles. The zero-order valence-corrected chi connectivity index (χ0v) is 20.5. The third-order valence-electron chi connectivity index (χ3n) is 5.21.